The highest BCUT2D eigenvalue weighted by molar-refractivity contribution is 6.30. The number of aromatic nitrogens is 2. The maximum atomic E-state index is 9.08. The largest absolute Gasteiger partial charge is 0.497 e. The molecule has 1 aromatic heterocycles. The lowest BCUT2D eigenvalue weighted by Gasteiger charge is -2.09. The van der Waals surface area contributed by atoms with E-state index in [4.69, 9.17) is 21.4 Å². The second kappa shape index (κ2) is 7.22. The monoisotopic (exact) mass is 292 g/mol. The van der Waals surface area contributed by atoms with Crippen molar-refractivity contribution in [3.05, 3.63) is 52.6 Å². The van der Waals surface area contributed by atoms with Gasteiger partial charge in [-0.05, 0) is 30.5 Å². The van der Waals surface area contributed by atoms with Crippen LogP contribution >= 0.6 is 11.6 Å². The van der Waals surface area contributed by atoms with E-state index in [-0.39, 0.29) is 6.61 Å². The summed E-state index contributed by atoms with van der Waals surface area (Å²) in [7, 11) is 1.65. The molecule has 0 spiro atoms. The smallest absolute Gasteiger partial charge is 0.135 e. The Balaban J connectivity index is 2.08. The van der Waals surface area contributed by atoms with Gasteiger partial charge in [0.2, 0.25) is 0 Å². The maximum absolute atomic E-state index is 9.08. The lowest BCUT2D eigenvalue weighted by molar-refractivity contribution is 0.299. The molecule has 1 N–H and O–H groups in total. The van der Waals surface area contributed by atoms with Crippen molar-refractivity contribution in [3.63, 3.8) is 0 Å². The van der Waals surface area contributed by atoms with Gasteiger partial charge in [-0.3, -0.25) is 0 Å². The molecule has 0 amide bonds. The number of nitrogens with zero attached hydrogens (tertiary/aromatic N) is 2. The lowest BCUT2D eigenvalue weighted by Crippen LogP contribution is -2.05. The predicted octanol–water partition coefficient (Wildman–Crippen LogP) is 2.46. The van der Waals surface area contributed by atoms with Crippen LogP contribution in [-0.2, 0) is 19.3 Å². The summed E-state index contributed by atoms with van der Waals surface area (Å²) in [4.78, 5) is 8.24. The number of rotatable bonds is 6. The van der Waals surface area contributed by atoms with E-state index < -0.39 is 0 Å². The molecule has 1 aromatic carbocycles. The van der Waals surface area contributed by atoms with Crippen molar-refractivity contribution >= 4 is 11.6 Å². The van der Waals surface area contributed by atoms with Crippen molar-refractivity contribution in [1.29, 1.82) is 0 Å². The van der Waals surface area contributed by atoms with Crippen LogP contribution < -0.4 is 4.74 Å². The summed E-state index contributed by atoms with van der Waals surface area (Å²) in [5, 5.41) is 9.51. The summed E-state index contributed by atoms with van der Waals surface area (Å²) in [6, 6.07) is 7.95. The Kier molecular flexibility index (Phi) is 5.32. The van der Waals surface area contributed by atoms with Crippen molar-refractivity contribution in [2.45, 2.75) is 19.3 Å². The van der Waals surface area contributed by atoms with Gasteiger partial charge in [-0.2, -0.15) is 0 Å². The van der Waals surface area contributed by atoms with E-state index in [9.17, 15) is 0 Å². The maximum Gasteiger partial charge on any atom is 0.135 e. The van der Waals surface area contributed by atoms with Crippen molar-refractivity contribution in [2.24, 2.45) is 0 Å². The molecular weight excluding hydrogens is 276 g/mol. The summed E-state index contributed by atoms with van der Waals surface area (Å²) < 4.78 is 5.13. The Labute approximate surface area is 123 Å². The molecule has 0 fully saturated rings. The van der Waals surface area contributed by atoms with Crippen LogP contribution in [0.25, 0.3) is 0 Å². The second-order valence-corrected chi connectivity index (χ2v) is 4.77. The van der Waals surface area contributed by atoms with Gasteiger partial charge in [0.1, 0.15) is 17.2 Å². The van der Waals surface area contributed by atoms with Gasteiger partial charge in [0, 0.05) is 24.3 Å². The van der Waals surface area contributed by atoms with E-state index in [0.29, 0.717) is 11.6 Å². The number of hydrogen-bond donors (Lipinski definition) is 1. The molecule has 0 unspecified atom stereocenters. The molecular formula is C15H17ClN2O2. The number of ether oxygens (including phenoxy) is 1. The van der Waals surface area contributed by atoms with Gasteiger partial charge in [-0.15, -0.1) is 0 Å². The summed E-state index contributed by atoms with van der Waals surface area (Å²) in [5.41, 5.74) is 2.94. The standard InChI is InChI=1S/C15H17ClN2O2/c1-20-12-5-2-11(3-6-12)4-7-14-13(8-9-19)15(16)18-10-17-14/h2-3,5-6,10,19H,4,7-9H2,1H3. The molecule has 0 saturated carbocycles. The Morgan fingerprint density at radius 1 is 1.10 bits per heavy atom. The van der Waals surface area contributed by atoms with Crippen molar-refractivity contribution in [2.75, 3.05) is 13.7 Å². The van der Waals surface area contributed by atoms with Gasteiger partial charge in [0.25, 0.3) is 0 Å². The highest BCUT2D eigenvalue weighted by atomic mass is 35.5. The quantitative estimate of drug-likeness (QED) is 0.831. The molecule has 5 heteroatoms. The molecule has 2 rings (SSSR count). The van der Waals surface area contributed by atoms with E-state index in [0.717, 1.165) is 29.8 Å². The Bertz CT molecular complexity index is 558. The topological polar surface area (TPSA) is 55.2 Å². The molecule has 0 radical (unpaired) electrons. The zero-order valence-corrected chi connectivity index (χ0v) is 12.1. The van der Waals surface area contributed by atoms with Crippen molar-refractivity contribution in [1.82, 2.24) is 9.97 Å². The summed E-state index contributed by atoms with van der Waals surface area (Å²) in [6.07, 6.45) is 3.57. The zero-order valence-electron chi connectivity index (χ0n) is 11.3. The summed E-state index contributed by atoms with van der Waals surface area (Å²) in [5.74, 6) is 0.847. The highest BCUT2D eigenvalue weighted by Gasteiger charge is 2.09. The fourth-order valence-corrected chi connectivity index (χ4v) is 2.30. The third kappa shape index (κ3) is 3.68. The molecule has 0 aliphatic rings. The zero-order chi connectivity index (χ0) is 14.4. The number of aliphatic hydroxyl groups is 1. The molecule has 0 aliphatic carbocycles. The number of aliphatic hydroxyl groups excluding tert-OH is 1. The fraction of sp³-hybridized carbons (Fsp3) is 0.333. The molecule has 106 valence electrons. The average molecular weight is 293 g/mol. The number of hydrogen-bond acceptors (Lipinski definition) is 4. The third-order valence-corrected chi connectivity index (χ3v) is 3.48. The van der Waals surface area contributed by atoms with Crippen molar-refractivity contribution < 1.29 is 9.84 Å². The predicted molar refractivity (Wildman–Crippen MR) is 78.2 cm³/mol. The van der Waals surface area contributed by atoms with E-state index >= 15 is 0 Å². The number of benzene rings is 1. The number of aryl methyl sites for hydroxylation is 2. The van der Waals surface area contributed by atoms with E-state index in [1.807, 2.05) is 24.3 Å². The van der Waals surface area contributed by atoms with Crippen LogP contribution in [0.15, 0.2) is 30.6 Å². The second-order valence-electron chi connectivity index (χ2n) is 4.41. The molecule has 0 aliphatic heterocycles. The normalized spacial score (nSPS) is 10.6. The summed E-state index contributed by atoms with van der Waals surface area (Å²) in [6.45, 7) is 0.0443. The molecule has 2 aromatic rings. The van der Waals surface area contributed by atoms with Gasteiger partial charge in [-0.25, -0.2) is 9.97 Å². The van der Waals surface area contributed by atoms with E-state index in [1.165, 1.54) is 11.9 Å². The van der Waals surface area contributed by atoms with Gasteiger partial charge in [0.15, 0.2) is 0 Å². The minimum atomic E-state index is 0.0443. The molecule has 20 heavy (non-hydrogen) atoms. The Morgan fingerprint density at radius 3 is 2.50 bits per heavy atom. The van der Waals surface area contributed by atoms with E-state index in [2.05, 4.69) is 9.97 Å². The van der Waals surface area contributed by atoms with Crippen LogP contribution in [0.4, 0.5) is 0 Å². The minimum Gasteiger partial charge on any atom is -0.497 e. The van der Waals surface area contributed by atoms with E-state index in [1.54, 1.807) is 7.11 Å². The van der Waals surface area contributed by atoms with Crippen LogP contribution in [0.1, 0.15) is 16.8 Å². The van der Waals surface area contributed by atoms with Gasteiger partial charge in [-0.1, -0.05) is 23.7 Å². The number of halogens is 1. The Hall–Kier alpha value is -1.65. The lowest BCUT2D eigenvalue weighted by atomic mass is 10.0. The van der Waals surface area contributed by atoms with Gasteiger partial charge in [0.05, 0.1) is 7.11 Å². The first-order chi connectivity index (χ1) is 9.74. The first-order valence-corrected chi connectivity index (χ1v) is 6.84. The number of methoxy groups -OCH3 is 1. The SMILES string of the molecule is COc1ccc(CCc2ncnc(Cl)c2CCO)cc1. The third-order valence-electron chi connectivity index (χ3n) is 3.15. The molecule has 0 bridgehead atoms. The fourth-order valence-electron chi connectivity index (χ4n) is 2.05. The van der Waals surface area contributed by atoms with Crippen LogP contribution in [0.3, 0.4) is 0 Å². The van der Waals surface area contributed by atoms with Crippen LogP contribution in [0.2, 0.25) is 5.15 Å². The van der Waals surface area contributed by atoms with Crippen LogP contribution in [0, 0.1) is 0 Å². The molecule has 1 heterocycles. The van der Waals surface area contributed by atoms with Gasteiger partial charge >= 0.3 is 0 Å². The van der Waals surface area contributed by atoms with Crippen LogP contribution in [-0.4, -0.2) is 28.8 Å². The van der Waals surface area contributed by atoms with Gasteiger partial charge < -0.3 is 9.84 Å². The first kappa shape index (κ1) is 14.8. The first-order valence-electron chi connectivity index (χ1n) is 6.46. The molecule has 4 nitrogen and oxygen atoms in total. The average Bonchev–Trinajstić information content (AvgIpc) is 2.48. The molecule has 0 saturated heterocycles. The summed E-state index contributed by atoms with van der Waals surface area (Å²) >= 11 is 6.05. The van der Waals surface area contributed by atoms with Crippen LogP contribution in [0.5, 0.6) is 5.75 Å². The highest BCUT2D eigenvalue weighted by Crippen LogP contribution is 2.18. The van der Waals surface area contributed by atoms with Crippen molar-refractivity contribution in [3.8, 4) is 5.75 Å². The molecule has 0 atom stereocenters. The minimum absolute atomic E-state index is 0.0443. The Morgan fingerprint density at radius 2 is 1.85 bits per heavy atom.